The molecule has 1 fully saturated rings. The molecule has 1 saturated heterocycles. The summed E-state index contributed by atoms with van der Waals surface area (Å²) in [5.41, 5.74) is 0.0781. The van der Waals surface area contributed by atoms with Crippen LogP contribution in [0.5, 0.6) is 11.6 Å². The lowest BCUT2D eigenvalue weighted by Crippen LogP contribution is -2.60. The number of aliphatic hydroxyl groups is 1. The van der Waals surface area contributed by atoms with Crippen molar-refractivity contribution in [3.05, 3.63) is 36.2 Å². The predicted octanol–water partition coefficient (Wildman–Crippen LogP) is 1.75. The molecule has 3 rings (SSSR count). The van der Waals surface area contributed by atoms with E-state index in [1.54, 1.807) is 6.92 Å². The summed E-state index contributed by atoms with van der Waals surface area (Å²) in [5, 5.41) is 9.45. The molecule has 0 unspecified atom stereocenters. The number of hydrogen-bond donors (Lipinski definition) is 1. The SMILES string of the molecule is C[C@H]1[C@@H](O)CN1C(=O)c1coc(COc2ccc(OC(F)(F)F)nc2)n1. The lowest BCUT2D eigenvalue weighted by atomic mass is 10.0. The number of oxazole rings is 1. The number of rotatable bonds is 5. The minimum Gasteiger partial charge on any atom is -0.482 e. The van der Waals surface area contributed by atoms with Gasteiger partial charge >= 0.3 is 6.36 Å². The first-order chi connectivity index (χ1) is 12.2. The summed E-state index contributed by atoms with van der Waals surface area (Å²) >= 11 is 0. The number of nitrogens with zero attached hydrogens (tertiary/aromatic N) is 3. The van der Waals surface area contributed by atoms with Gasteiger partial charge in [0.25, 0.3) is 5.91 Å². The highest BCUT2D eigenvalue weighted by Crippen LogP contribution is 2.23. The Bertz CT molecular complexity index is 778. The lowest BCUT2D eigenvalue weighted by Gasteiger charge is -2.42. The van der Waals surface area contributed by atoms with Gasteiger partial charge in [-0.2, -0.15) is 0 Å². The number of hydrogen-bond acceptors (Lipinski definition) is 7. The minimum absolute atomic E-state index is 0.0781. The number of aromatic nitrogens is 2. The van der Waals surface area contributed by atoms with Gasteiger partial charge in [0.15, 0.2) is 12.3 Å². The monoisotopic (exact) mass is 373 g/mol. The van der Waals surface area contributed by atoms with E-state index in [0.717, 1.165) is 12.3 Å². The summed E-state index contributed by atoms with van der Waals surface area (Å²) in [5.74, 6) is -0.699. The second kappa shape index (κ2) is 6.83. The number of β-amino-alcohol motifs (C(OH)–C–C–N with tert-alkyl or cyclic N) is 1. The number of likely N-dealkylation sites (tertiary alicyclic amines) is 1. The summed E-state index contributed by atoms with van der Waals surface area (Å²) in [4.78, 5) is 21.1. The molecular formula is C15H14F3N3O5. The zero-order chi connectivity index (χ0) is 18.9. The summed E-state index contributed by atoms with van der Waals surface area (Å²) in [6, 6.07) is 1.96. The Morgan fingerprint density at radius 3 is 2.81 bits per heavy atom. The Kier molecular flexibility index (Phi) is 4.72. The van der Waals surface area contributed by atoms with Crippen LogP contribution in [0.2, 0.25) is 0 Å². The third-order valence-electron chi connectivity index (χ3n) is 3.76. The second-order valence-electron chi connectivity index (χ2n) is 5.56. The molecule has 0 aliphatic carbocycles. The average molecular weight is 373 g/mol. The van der Waals surface area contributed by atoms with Crippen LogP contribution in [-0.4, -0.2) is 50.9 Å². The van der Waals surface area contributed by atoms with Crippen molar-refractivity contribution < 1.29 is 37.0 Å². The maximum atomic E-state index is 12.2. The van der Waals surface area contributed by atoms with E-state index < -0.39 is 18.3 Å². The van der Waals surface area contributed by atoms with Crippen LogP contribution in [0, 0.1) is 0 Å². The molecule has 2 aromatic heterocycles. The van der Waals surface area contributed by atoms with E-state index in [1.165, 1.54) is 17.2 Å². The molecule has 0 bridgehead atoms. The number of carbonyl (C=O) groups excluding carboxylic acids is 1. The summed E-state index contributed by atoms with van der Waals surface area (Å²) in [6.45, 7) is 1.80. The number of ether oxygens (including phenoxy) is 2. The lowest BCUT2D eigenvalue weighted by molar-refractivity contribution is -0.276. The fraction of sp³-hybridized carbons (Fsp3) is 0.400. The van der Waals surface area contributed by atoms with Gasteiger partial charge in [-0.25, -0.2) is 9.97 Å². The highest BCUT2D eigenvalue weighted by Gasteiger charge is 2.38. The first-order valence-electron chi connectivity index (χ1n) is 7.51. The first kappa shape index (κ1) is 18.0. The van der Waals surface area contributed by atoms with E-state index in [4.69, 9.17) is 9.15 Å². The van der Waals surface area contributed by atoms with Crippen molar-refractivity contribution in [3.8, 4) is 11.6 Å². The molecule has 2 atom stereocenters. The number of pyridine rings is 1. The topological polar surface area (TPSA) is 97.9 Å². The number of aliphatic hydroxyl groups excluding tert-OH is 1. The first-order valence-corrected chi connectivity index (χ1v) is 7.51. The molecule has 8 nitrogen and oxygen atoms in total. The summed E-state index contributed by atoms with van der Waals surface area (Å²) < 4.78 is 50.2. The smallest absolute Gasteiger partial charge is 0.482 e. The van der Waals surface area contributed by atoms with Crippen molar-refractivity contribution in [3.63, 3.8) is 0 Å². The highest BCUT2D eigenvalue weighted by atomic mass is 19.4. The van der Waals surface area contributed by atoms with E-state index in [1.807, 2.05) is 0 Å². The molecule has 2 aromatic rings. The zero-order valence-corrected chi connectivity index (χ0v) is 13.4. The summed E-state index contributed by atoms with van der Waals surface area (Å²) in [7, 11) is 0. The molecule has 1 N–H and O–H groups in total. The van der Waals surface area contributed by atoms with Gasteiger partial charge in [0.05, 0.1) is 18.3 Å². The van der Waals surface area contributed by atoms with Crippen LogP contribution >= 0.6 is 0 Å². The Balaban J connectivity index is 1.54. The molecule has 3 heterocycles. The van der Waals surface area contributed by atoms with Gasteiger partial charge in [-0.15, -0.1) is 13.2 Å². The van der Waals surface area contributed by atoms with Crippen LogP contribution < -0.4 is 9.47 Å². The minimum atomic E-state index is -4.82. The van der Waals surface area contributed by atoms with Crippen molar-refractivity contribution in [1.29, 1.82) is 0 Å². The van der Waals surface area contributed by atoms with Gasteiger partial charge < -0.3 is 23.9 Å². The van der Waals surface area contributed by atoms with Crippen molar-refractivity contribution in [2.45, 2.75) is 32.0 Å². The molecule has 1 aliphatic rings. The van der Waals surface area contributed by atoms with Crippen molar-refractivity contribution >= 4 is 5.91 Å². The molecule has 1 amide bonds. The Labute approximate surface area is 145 Å². The molecular weight excluding hydrogens is 359 g/mol. The van der Waals surface area contributed by atoms with Crippen molar-refractivity contribution in [2.24, 2.45) is 0 Å². The molecule has 0 saturated carbocycles. The summed E-state index contributed by atoms with van der Waals surface area (Å²) in [6.07, 6.45) is -3.14. The van der Waals surface area contributed by atoms with Gasteiger partial charge in [-0.05, 0) is 13.0 Å². The molecule has 1 aliphatic heterocycles. The fourth-order valence-corrected chi connectivity index (χ4v) is 2.26. The van der Waals surface area contributed by atoms with Crippen molar-refractivity contribution in [1.82, 2.24) is 14.9 Å². The van der Waals surface area contributed by atoms with Crippen molar-refractivity contribution in [2.75, 3.05) is 6.54 Å². The van der Waals surface area contributed by atoms with Crippen LogP contribution in [0.25, 0.3) is 0 Å². The molecule has 0 spiro atoms. The maximum Gasteiger partial charge on any atom is 0.574 e. The third kappa shape index (κ3) is 4.04. The second-order valence-corrected chi connectivity index (χ2v) is 5.56. The van der Waals surface area contributed by atoms with E-state index in [2.05, 4.69) is 14.7 Å². The molecule has 140 valence electrons. The van der Waals surface area contributed by atoms with Gasteiger partial charge in [0.1, 0.15) is 12.0 Å². The van der Waals surface area contributed by atoms with E-state index in [9.17, 15) is 23.1 Å². The largest absolute Gasteiger partial charge is 0.574 e. The Morgan fingerprint density at radius 2 is 2.23 bits per heavy atom. The van der Waals surface area contributed by atoms with Crippen LogP contribution in [0.3, 0.4) is 0 Å². The van der Waals surface area contributed by atoms with Crippen LogP contribution in [0.1, 0.15) is 23.3 Å². The third-order valence-corrected chi connectivity index (χ3v) is 3.76. The standard InChI is InChI=1S/C15H14F3N3O5/c1-8-11(22)5-21(8)14(23)10-6-25-13(20-10)7-24-9-2-3-12(19-4-9)26-15(16,17)18/h2-4,6,8,11,22H,5,7H2,1H3/t8-,11-/m0/s1. The molecule has 11 heteroatoms. The van der Waals surface area contributed by atoms with Gasteiger partial charge in [0, 0.05) is 12.6 Å². The fourth-order valence-electron chi connectivity index (χ4n) is 2.26. The van der Waals surface area contributed by atoms with E-state index >= 15 is 0 Å². The highest BCUT2D eigenvalue weighted by molar-refractivity contribution is 5.92. The molecule has 0 aromatic carbocycles. The Hall–Kier alpha value is -2.82. The van der Waals surface area contributed by atoms with Gasteiger partial charge in [-0.3, -0.25) is 4.79 Å². The number of halogens is 3. The number of amides is 1. The van der Waals surface area contributed by atoms with Crippen LogP contribution in [0.4, 0.5) is 13.2 Å². The number of alkyl halides is 3. The molecule has 26 heavy (non-hydrogen) atoms. The quantitative estimate of drug-likeness (QED) is 0.853. The van der Waals surface area contributed by atoms with E-state index in [0.29, 0.717) is 0 Å². The number of carbonyl (C=O) groups is 1. The maximum absolute atomic E-state index is 12.2. The van der Waals surface area contributed by atoms with E-state index in [-0.39, 0.29) is 42.4 Å². The van der Waals surface area contributed by atoms with Crippen LogP contribution in [-0.2, 0) is 6.61 Å². The van der Waals surface area contributed by atoms with Crippen LogP contribution in [0.15, 0.2) is 29.0 Å². The molecule has 0 radical (unpaired) electrons. The van der Waals surface area contributed by atoms with Gasteiger partial charge in [-0.1, -0.05) is 0 Å². The zero-order valence-electron chi connectivity index (χ0n) is 13.4. The predicted molar refractivity (Wildman–Crippen MR) is 78.3 cm³/mol. The normalized spacial score (nSPS) is 19.8. The average Bonchev–Trinajstić information content (AvgIpc) is 3.06. The Morgan fingerprint density at radius 1 is 1.46 bits per heavy atom. The van der Waals surface area contributed by atoms with Gasteiger partial charge in [0.2, 0.25) is 11.8 Å².